The predicted octanol–water partition coefficient (Wildman–Crippen LogP) is 6.95. The van der Waals surface area contributed by atoms with E-state index in [2.05, 4.69) is 6.58 Å². The molecule has 0 aliphatic heterocycles. The molecule has 4 aromatic carbocycles. The molecular formula is C33H26N2O2. The van der Waals surface area contributed by atoms with Crippen molar-refractivity contribution < 1.29 is 0 Å². The summed E-state index contributed by atoms with van der Waals surface area (Å²) in [5.41, 5.74) is 5.51. The summed E-state index contributed by atoms with van der Waals surface area (Å²) in [7, 11) is 0. The van der Waals surface area contributed by atoms with Crippen molar-refractivity contribution in [2.24, 2.45) is 0 Å². The molecule has 0 radical (unpaired) electrons. The molecule has 0 saturated carbocycles. The Kier molecular flexibility index (Phi) is 6.64. The standard InChI is InChI=1S/C33H26N2O2/c1-3-10-24(11-4-2)26-16-20-28(21-17-26)34-30-14-8-9-15-31(30)35(33(37)32(34)36)29-22-18-27(19-23-29)25-12-6-5-7-13-25/h3-23H,1H2,2H3/b11-4-,24-10+. The Labute approximate surface area is 215 Å². The SMILES string of the molecule is C=C/C=C(\C=C/C)c1ccc(-n2c(=O)c(=O)n(-c3ccc(-c4ccccc4)cc3)c3ccccc32)cc1. The molecule has 4 nitrogen and oxygen atoms in total. The second-order valence-electron chi connectivity index (χ2n) is 8.59. The monoisotopic (exact) mass is 482 g/mol. The molecule has 5 aromatic rings. The van der Waals surface area contributed by atoms with Gasteiger partial charge in [-0.3, -0.25) is 18.7 Å². The first-order valence-corrected chi connectivity index (χ1v) is 12.1. The predicted molar refractivity (Wildman–Crippen MR) is 154 cm³/mol. The van der Waals surface area contributed by atoms with E-state index >= 15 is 0 Å². The molecule has 4 heteroatoms. The van der Waals surface area contributed by atoms with E-state index in [-0.39, 0.29) is 0 Å². The summed E-state index contributed by atoms with van der Waals surface area (Å²) in [6, 6.07) is 32.8. The molecule has 0 spiro atoms. The lowest BCUT2D eigenvalue weighted by molar-refractivity contribution is 0.918. The van der Waals surface area contributed by atoms with E-state index in [0.29, 0.717) is 22.4 Å². The maximum absolute atomic E-state index is 13.5. The smallest absolute Gasteiger partial charge is 0.271 e. The minimum atomic E-state index is -0.603. The van der Waals surface area contributed by atoms with Gasteiger partial charge in [0, 0.05) is 11.4 Å². The van der Waals surface area contributed by atoms with Gasteiger partial charge < -0.3 is 0 Å². The van der Waals surface area contributed by atoms with Crippen molar-refractivity contribution in [3.63, 3.8) is 0 Å². The number of allylic oxidation sites excluding steroid dienone is 5. The second kappa shape index (κ2) is 10.3. The van der Waals surface area contributed by atoms with Crippen LogP contribution in [0, 0.1) is 0 Å². The largest absolute Gasteiger partial charge is 0.321 e. The van der Waals surface area contributed by atoms with Gasteiger partial charge in [-0.2, -0.15) is 0 Å². The third kappa shape index (κ3) is 4.53. The Bertz CT molecular complexity index is 1750. The number of para-hydroxylation sites is 2. The number of hydrogen-bond acceptors (Lipinski definition) is 2. The van der Waals surface area contributed by atoms with Crippen LogP contribution in [0.4, 0.5) is 0 Å². The summed E-state index contributed by atoms with van der Waals surface area (Å²) in [6.07, 6.45) is 7.64. The minimum Gasteiger partial charge on any atom is -0.271 e. The van der Waals surface area contributed by atoms with Crippen molar-refractivity contribution in [3.05, 3.63) is 160 Å². The third-order valence-corrected chi connectivity index (χ3v) is 6.29. The Morgan fingerprint density at radius 1 is 0.649 bits per heavy atom. The average molecular weight is 483 g/mol. The first kappa shape index (κ1) is 23.8. The van der Waals surface area contributed by atoms with Gasteiger partial charge in [0.1, 0.15) is 0 Å². The lowest BCUT2D eigenvalue weighted by Crippen LogP contribution is -2.40. The van der Waals surface area contributed by atoms with E-state index in [1.165, 1.54) is 9.13 Å². The fourth-order valence-electron chi connectivity index (χ4n) is 4.56. The highest BCUT2D eigenvalue weighted by Gasteiger charge is 2.16. The van der Waals surface area contributed by atoms with Gasteiger partial charge in [-0.15, -0.1) is 0 Å². The molecule has 0 amide bonds. The van der Waals surface area contributed by atoms with Crippen LogP contribution in [0.1, 0.15) is 12.5 Å². The molecule has 1 heterocycles. The number of fused-ring (bicyclic) bond motifs is 1. The van der Waals surface area contributed by atoms with E-state index in [0.717, 1.165) is 22.3 Å². The zero-order chi connectivity index (χ0) is 25.8. The number of benzene rings is 4. The van der Waals surface area contributed by atoms with E-state index < -0.39 is 11.1 Å². The maximum atomic E-state index is 13.5. The molecule has 180 valence electrons. The molecule has 0 N–H and O–H groups in total. The molecule has 1 aromatic heterocycles. The molecule has 0 bridgehead atoms. The molecule has 0 atom stereocenters. The van der Waals surface area contributed by atoms with Crippen LogP contribution in [-0.4, -0.2) is 9.13 Å². The molecule has 0 aliphatic carbocycles. The van der Waals surface area contributed by atoms with Gasteiger partial charge in [0.2, 0.25) is 0 Å². The van der Waals surface area contributed by atoms with Crippen LogP contribution in [0.2, 0.25) is 0 Å². The first-order valence-electron chi connectivity index (χ1n) is 12.1. The van der Waals surface area contributed by atoms with Crippen LogP contribution in [0.15, 0.2) is 144 Å². The van der Waals surface area contributed by atoms with E-state index in [1.807, 2.05) is 128 Å². The van der Waals surface area contributed by atoms with Gasteiger partial charge in [-0.25, -0.2) is 0 Å². The molecular weight excluding hydrogens is 456 g/mol. The van der Waals surface area contributed by atoms with Crippen LogP contribution >= 0.6 is 0 Å². The number of hydrogen-bond donors (Lipinski definition) is 0. The van der Waals surface area contributed by atoms with Crippen molar-refractivity contribution in [3.8, 4) is 22.5 Å². The van der Waals surface area contributed by atoms with Crippen molar-refractivity contribution in [1.29, 1.82) is 0 Å². The lowest BCUT2D eigenvalue weighted by Gasteiger charge is -2.16. The third-order valence-electron chi connectivity index (χ3n) is 6.29. The topological polar surface area (TPSA) is 44.0 Å². The average Bonchev–Trinajstić information content (AvgIpc) is 2.95. The van der Waals surface area contributed by atoms with Crippen molar-refractivity contribution >= 4 is 16.6 Å². The van der Waals surface area contributed by atoms with Crippen LogP contribution in [0.5, 0.6) is 0 Å². The summed E-state index contributed by atoms with van der Waals surface area (Å²) in [5, 5.41) is 0. The number of rotatable bonds is 6. The van der Waals surface area contributed by atoms with Gasteiger partial charge in [0.05, 0.1) is 11.0 Å². The van der Waals surface area contributed by atoms with Gasteiger partial charge in [-0.1, -0.05) is 97.6 Å². The van der Waals surface area contributed by atoms with Crippen LogP contribution < -0.4 is 11.1 Å². The highest BCUT2D eigenvalue weighted by molar-refractivity contribution is 5.80. The minimum absolute atomic E-state index is 0.601. The highest BCUT2D eigenvalue weighted by Crippen LogP contribution is 2.24. The molecule has 0 saturated heterocycles. The van der Waals surface area contributed by atoms with Crippen LogP contribution in [0.25, 0.3) is 39.1 Å². The number of aromatic nitrogens is 2. The van der Waals surface area contributed by atoms with E-state index in [1.54, 1.807) is 6.08 Å². The second-order valence-corrected chi connectivity index (χ2v) is 8.59. The summed E-state index contributed by atoms with van der Waals surface area (Å²) < 4.78 is 2.98. The van der Waals surface area contributed by atoms with Crippen molar-refractivity contribution in [1.82, 2.24) is 9.13 Å². The summed E-state index contributed by atoms with van der Waals surface area (Å²) in [4.78, 5) is 27.0. The molecule has 0 fully saturated rings. The van der Waals surface area contributed by atoms with Crippen LogP contribution in [-0.2, 0) is 0 Å². The zero-order valence-electron chi connectivity index (χ0n) is 20.5. The quantitative estimate of drug-likeness (QED) is 0.194. The molecule has 0 unspecified atom stereocenters. The van der Waals surface area contributed by atoms with Gasteiger partial charge in [0.15, 0.2) is 0 Å². The summed E-state index contributed by atoms with van der Waals surface area (Å²) >= 11 is 0. The summed E-state index contributed by atoms with van der Waals surface area (Å²) in [5.74, 6) is 0. The van der Waals surface area contributed by atoms with Gasteiger partial charge >= 0.3 is 11.1 Å². The van der Waals surface area contributed by atoms with Gasteiger partial charge in [0.25, 0.3) is 0 Å². The highest BCUT2D eigenvalue weighted by atomic mass is 16.2. The summed E-state index contributed by atoms with van der Waals surface area (Å²) in [6.45, 7) is 5.75. The Morgan fingerprint density at radius 2 is 1.14 bits per heavy atom. The molecule has 0 aliphatic rings. The van der Waals surface area contributed by atoms with Crippen LogP contribution in [0.3, 0.4) is 0 Å². The molecule has 37 heavy (non-hydrogen) atoms. The fourth-order valence-corrected chi connectivity index (χ4v) is 4.56. The van der Waals surface area contributed by atoms with Gasteiger partial charge in [-0.05, 0) is 65.6 Å². The van der Waals surface area contributed by atoms with E-state index in [9.17, 15) is 9.59 Å². The Hall–Kier alpha value is -4.96. The zero-order valence-corrected chi connectivity index (χ0v) is 20.5. The maximum Gasteiger partial charge on any atom is 0.321 e. The van der Waals surface area contributed by atoms with Crippen molar-refractivity contribution in [2.45, 2.75) is 6.92 Å². The van der Waals surface area contributed by atoms with Crippen molar-refractivity contribution in [2.75, 3.05) is 0 Å². The Morgan fingerprint density at radius 3 is 1.65 bits per heavy atom. The Balaban J connectivity index is 1.65. The number of nitrogens with zero attached hydrogens (tertiary/aromatic N) is 2. The normalized spacial score (nSPS) is 11.8. The lowest BCUT2D eigenvalue weighted by atomic mass is 10.0. The first-order chi connectivity index (χ1) is 18.1. The fraction of sp³-hybridized carbons (Fsp3) is 0.0303. The molecule has 5 rings (SSSR count). The van der Waals surface area contributed by atoms with E-state index in [4.69, 9.17) is 0 Å².